The SMILES string of the molecule is C[C@@H]1CC(=O)Nc2ccccc2N1C(=O)CN(C)C(=O)[C@@H](C)Oc1ccc(Cl)cc1. The molecule has 0 unspecified atom stereocenters. The van der Waals surface area contributed by atoms with Crippen molar-refractivity contribution in [2.24, 2.45) is 0 Å². The highest BCUT2D eigenvalue weighted by Gasteiger charge is 2.31. The third-order valence-electron chi connectivity index (χ3n) is 4.85. The average Bonchev–Trinajstić information content (AvgIpc) is 2.83. The van der Waals surface area contributed by atoms with Gasteiger partial charge in [0.1, 0.15) is 5.75 Å². The van der Waals surface area contributed by atoms with Crippen molar-refractivity contribution in [2.45, 2.75) is 32.4 Å². The molecule has 30 heavy (non-hydrogen) atoms. The van der Waals surface area contributed by atoms with Crippen LogP contribution >= 0.6 is 11.6 Å². The summed E-state index contributed by atoms with van der Waals surface area (Å²) < 4.78 is 5.66. The first-order chi connectivity index (χ1) is 14.3. The van der Waals surface area contributed by atoms with Crippen molar-refractivity contribution in [1.82, 2.24) is 4.90 Å². The quantitative estimate of drug-likeness (QED) is 0.790. The molecule has 0 bridgehead atoms. The van der Waals surface area contributed by atoms with Crippen LogP contribution in [0.3, 0.4) is 0 Å². The molecule has 0 radical (unpaired) electrons. The van der Waals surface area contributed by atoms with E-state index >= 15 is 0 Å². The average molecular weight is 430 g/mol. The molecule has 1 heterocycles. The molecular formula is C22H24ClN3O4. The van der Waals surface area contributed by atoms with Gasteiger partial charge in [0.2, 0.25) is 11.8 Å². The van der Waals surface area contributed by atoms with Gasteiger partial charge in [-0.05, 0) is 50.2 Å². The van der Waals surface area contributed by atoms with E-state index < -0.39 is 6.10 Å². The molecule has 2 atom stereocenters. The maximum atomic E-state index is 13.1. The number of amides is 3. The number of hydrogen-bond donors (Lipinski definition) is 1. The Morgan fingerprint density at radius 3 is 2.60 bits per heavy atom. The van der Waals surface area contributed by atoms with Gasteiger partial charge in [0.25, 0.3) is 5.91 Å². The molecule has 0 aromatic heterocycles. The number of hydrogen-bond acceptors (Lipinski definition) is 4. The van der Waals surface area contributed by atoms with E-state index in [2.05, 4.69) is 5.32 Å². The van der Waals surface area contributed by atoms with Crippen LogP contribution in [0.1, 0.15) is 20.3 Å². The highest BCUT2D eigenvalue weighted by atomic mass is 35.5. The smallest absolute Gasteiger partial charge is 0.263 e. The largest absolute Gasteiger partial charge is 0.481 e. The first-order valence-electron chi connectivity index (χ1n) is 9.64. The predicted molar refractivity (Wildman–Crippen MR) is 116 cm³/mol. The monoisotopic (exact) mass is 429 g/mol. The van der Waals surface area contributed by atoms with E-state index in [9.17, 15) is 14.4 Å². The van der Waals surface area contributed by atoms with Crippen LogP contribution in [-0.4, -0.2) is 48.4 Å². The molecule has 2 aromatic carbocycles. The lowest BCUT2D eigenvalue weighted by atomic mass is 10.1. The van der Waals surface area contributed by atoms with E-state index in [1.165, 1.54) is 4.90 Å². The Kier molecular flexibility index (Phi) is 6.62. The fourth-order valence-electron chi connectivity index (χ4n) is 3.40. The van der Waals surface area contributed by atoms with Crippen molar-refractivity contribution in [3.8, 4) is 5.75 Å². The van der Waals surface area contributed by atoms with Gasteiger partial charge >= 0.3 is 0 Å². The Labute approximate surface area is 180 Å². The van der Waals surface area contributed by atoms with Gasteiger partial charge in [-0.25, -0.2) is 0 Å². The summed E-state index contributed by atoms with van der Waals surface area (Å²) in [6.07, 6.45) is -0.602. The number of ether oxygens (including phenoxy) is 1. The minimum absolute atomic E-state index is 0.139. The predicted octanol–water partition coefficient (Wildman–Crippen LogP) is 3.33. The fraction of sp³-hybridized carbons (Fsp3) is 0.318. The van der Waals surface area contributed by atoms with Gasteiger partial charge in [-0.15, -0.1) is 0 Å². The van der Waals surface area contributed by atoms with E-state index in [1.807, 2.05) is 6.92 Å². The fourth-order valence-corrected chi connectivity index (χ4v) is 3.53. The summed E-state index contributed by atoms with van der Waals surface area (Å²) in [5, 5.41) is 3.39. The van der Waals surface area contributed by atoms with Crippen molar-refractivity contribution in [3.63, 3.8) is 0 Å². The summed E-state index contributed by atoms with van der Waals surface area (Å²) in [4.78, 5) is 40.8. The molecule has 1 aliphatic rings. The number of nitrogens with one attached hydrogen (secondary N) is 1. The molecular weight excluding hydrogens is 406 g/mol. The Morgan fingerprint density at radius 2 is 1.90 bits per heavy atom. The number of halogens is 1. The number of benzene rings is 2. The van der Waals surface area contributed by atoms with Crippen LogP contribution in [0, 0.1) is 0 Å². The van der Waals surface area contributed by atoms with Gasteiger partial charge in [-0.3, -0.25) is 14.4 Å². The number of fused-ring (bicyclic) bond motifs is 1. The highest BCUT2D eigenvalue weighted by molar-refractivity contribution is 6.30. The van der Waals surface area contributed by atoms with Crippen molar-refractivity contribution in [2.75, 3.05) is 23.8 Å². The molecule has 158 valence electrons. The Bertz CT molecular complexity index is 948. The first kappa shape index (κ1) is 21.6. The minimum atomic E-state index is -0.777. The Balaban J connectivity index is 1.70. The standard InChI is InChI=1S/C22H24ClN3O4/c1-14-12-20(27)24-18-6-4-5-7-19(18)26(14)21(28)13-25(3)22(29)15(2)30-17-10-8-16(23)9-11-17/h4-11,14-15H,12-13H2,1-3H3,(H,24,27)/t14-,15-/m1/s1. The second-order valence-corrected chi connectivity index (χ2v) is 7.73. The summed E-state index contributed by atoms with van der Waals surface area (Å²) in [7, 11) is 1.56. The van der Waals surface area contributed by atoms with Gasteiger partial charge in [-0.1, -0.05) is 23.7 Å². The lowest BCUT2D eigenvalue weighted by molar-refractivity contribution is -0.139. The Hall–Kier alpha value is -3.06. The number of likely N-dealkylation sites (N-methyl/N-ethyl adjacent to an activating group) is 1. The molecule has 0 saturated carbocycles. The van der Waals surface area contributed by atoms with Gasteiger partial charge in [0.05, 0.1) is 17.9 Å². The molecule has 0 spiro atoms. The van der Waals surface area contributed by atoms with Crippen LogP contribution < -0.4 is 15.0 Å². The third kappa shape index (κ3) is 4.91. The Morgan fingerprint density at radius 1 is 1.23 bits per heavy atom. The number of para-hydroxylation sites is 2. The molecule has 8 heteroatoms. The molecule has 0 fully saturated rings. The van der Waals surface area contributed by atoms with E-state index in [0.29, 0.717) is 22.1 Å². The van der Waals surface area contributed by atoms with Crippen LogP contribution in [0.25, 0.3) is 0 Å². The molecule has 3 amide bonds. The molecule has 0 aliphatic carbocycles. The van der Waals surface area contributed by atoms with Crippen molar-refractivity contribution >= 4 is 40.7 Å². The normalized spacial score (nSPS) is 16.7. The second-order valence-electron chi connectivity index (χ2n) is 7.29. The van der Waals surface area contributed by atoms with E-state index in [-0.39, 0.29) is 36.7 Å². The second kappa shape index (κ2) is 9.17. The van der Waals surface area contributed by atoms with E-state index in [0.717, 1.165) is 0 Å². The maximum absolute atomic E-state index is 13.1. The van der Waals surface area contributed by atoms with Gasteiger partial charge < -0.3 is 19.9 Å². The van der Waals surface area contributed by atoms with E-state index in [1.54, 1.807) is 67.4 Å². The topological polar surface area (TPSA) is 79.0 Å². The van der Waals surface area contributed by atoms with Gasteiger partial charge in [-0.2, -0.15) is 0 Å². The zero-order valence-corrected chi connectivity index (χ0v) is 17.8. The zero-order valence-electron chi connectivity index (χ0n) is 17.1. The maximum Gasteiger partial charge on any atom is 0.263 e. The molecule has 2 aromatic rings. The number of rotatable bonds is 5. The van der Waals surface area contributed by atoms with Crippen LogP contribution in [-0.2, 0) is 14.4 Å². The van der Waals surface area contributed by atoms with Gasteiger partial charge in [0.15, 0.2) is 6.10 Å². The summed E-state index contributed by atoms with van der Waals surface area (Å²) in [5.41, 5.74) is 1.20. The molecule has 1 N–H and O–H groups in total. The number of nitrogens with zero attached hydrogens (tertiary/aromatic N) is 2. The van der Waals surface area contributed by atoms with Gasteiger partial charge in [0, 0.05) is 24.5 Å². The number of anilines is 2. The summed E-state index contributed by atoms with van der Waals surface area (Å²) in [5.74, 6) is -0.247. The minimum Gasteiger partial charge on any atom is -0.481 e. The van der Waals surface area contributed by atoms with E-state index in [4.69, 9.17) is 16.3 Å². The number of carbonyl (C=O) groups excluding carboxylic acids is 3. The zero-order chi connectivity index (χ0) is 21.8. The summed E-state index contributed by atoms with van der Waals surface area (Å²) in [6.45, 7) is 3.30. The van der Waals surface area contributed by atoms with Crippen LogP contribution in [0.2, 0.25) is 5.02 Å². The molecule has 1 aliphatic heterocycles. The third-order valence-corrected chi connectivity index (χ3v) is 5.10. The highest BCUT2D eigenvalue weighted by Crippen LogP contribution is 2.31. The lowest BCUT2D eigenvalue weighted by Crippen LogP contribution is -2.47. The number of carbonyl (C=O) groups is 3. The van der Waals surface area contributed by atoms with Crippen LogP contribution in [0.15, 0.2) is 48.5 Å². The lowest BCUT2D eigenvalue weighted by Gasteiger charge is -2.30. The van der Waals surface area contributed by atoms with Crippen LogP contribution in [0.5, 0.6) is 5.75 Å². The molecule has 0 saturated heterocycles. The summed E-state index contributed by atoms with van der Waals surface area (Å²) in [6, 6.07) is 13.5. The van der Waals surface area contributed by atoms with Crippen molar-refractivity contribution < 1.29 is 19.1 Å². The molecule has 7 nitrogen and oxygen atoms in total. The van der Waals surface area contributed by atoms with Crippen molar-refractivity contribution in [3.05, 3.63) is 53.6 Å². The van der Waals surface area contributed by atoms with Crippen LogP contribution in [0.4, 0.5) is 11.4 Å². The van der Waals surface area contributed by atoms with Crippen molar-refractivity contribution in [1.29, 1.82) is 0 Å². The first-order valence-corrected chi connectivity index (χ1v) is 10.0. The summed E-state index contributed by atoms with van der Waals surface area (Å²) >= 11 is 5.86. The molecule has 3 rings (SSSR count).